The minimum atomic E-state index is -3.75. The van der Waals surface area contributed by atoms with Crippen LogP contribution in [0.25, 0.3) is 0 Å². The molecule has 0 unspecified atom stereocenters. The average molecular weight is 405 g/mol. The van der Waals surface area contributed by atoms with E-state index in [0.717, 1.165) is 34.5 Å². The number of rotatable bonds is 4. The molecule has 28 heavy (non-hydrogen) atoms. The Morgan fingerprint density at radius 2 is 1.71 bits per heavy atom. The summed E-state index contributed by atoms with van der Waals surface area (Å²) in [5.41, 5.74) is 3.88. The summed E-state index contributed by atoms with van der Waals surface area (Å²) >= 11 is 0. The highest BCUT2D eigenvalue weighted by Gasteiger charge is 2.33. The Kier molecular flexibility index (Phi) is 5.86. The lowest BCUT2D eigenvalue weighted by Gasteiger charge is -2.31. The first-order valence-corrected chi connectivity index (χ1v) is 10.8. The van der Waals surface area contributed by atoms with Crippen molar-refractivity contribution in [3.8, 4) is 0 Å². The van der Waals surface area contributed by atoms with E-state index in [0.29, 0.717) is 19.4 Å². The van der Waals surface area contributed by atoms with Crippen LogP contribution in [0.4, 0.5) is 10.1 Å². The van der Waals surface area contributed by atoms with Gasteiger partial charge in [-0.2, -0.15) is 4.31 Å². The monoisotopic (exact) mass is 404 g/mol. The largest absolute Gasteiger partial charge is 0.325 e. The zero-order chi connectivity index (χ0) is 20.5. The Bertz CT molecular complexity index is 964. The van der Waals surface area contributed by atoms with Crippen LogP contribution in [0.15, 0.2) is 41.3 Å². The smallest absolute Gasteiger partial charge is 0.243 e. The van der Waals surface area contributed by atoms with E-state index >= 15 is 0 Å². The summed E-state index contributed by atoms with van der Waals surface area (Å²) in [4.78, 5) is 12.9. The summed E-state index contributed by atoms with van der Waals surface area (Å²) in [5.74, 6) is -1.09. The summed E-state index contributed by atoms with van der Waals surface area (Å²) in [5, 5.41) is 2.98. The molecule has 1 N–H and O–H groups in total. The van der Waals surface area contributed by atoms with Gasteiger partial charge in [-0.15, -0.1) is 0 Å². The number of piperidine rings is 1. The van der Waals surface area contributed by atoms with Crippen LogP contribution in [0.5, 0.6) is 0 Å². The second kappa shape index (κ2) is 8.01. The quantitative estimate of drug-likeness (QED) is 0.843. The van der Waals surface area contributed by atoms with Crippen molar-refractivity contribution in [3.63, 3.8) is 0 Å². The molecule has 1 fully saturated rings. The zero-order valence-electron chi connectivity index (χ0n) is 16.3. The van der Waals surface area contributed by atoms with Gasteiger partial charge in [0.05, 0.1) is 10.8 Å². The molecule has 0 spiro atoms. The van der Waals surface area contributed by atoms with Gasteiger partial charge in [-0.05, 0) is 69.0 Å². The number of carbonyl (C=O) groups is 1. The van der Waals surface area contributed by atoms with Crippen molar-refractivity contribution in [1.29, 1.82) is 0 Å². The van der Waals surface area contributed by atoms with E-state index in [2.05, 4.69) is 5.32 Å². The molecule has 0 bridgehead atoms. The zero-order valence-corrected chi connectivity index (χ0v) is 17.1. The van der Waals surface area contributed by atoms with Crippen molar-refractivity contribution in [1.82, 2.24) is 4.31 Å². The normalized spacial score (nSPS) is 18.1. The number of anilines is 1. The van der Waals surface area contributed by atoms with Crippen molar-refractivity contribution < 1.29 is 17.6 Å². The maximum atomic E-state index is 13.1. The fourth-order valence-electron chi connectivity index (χ4n) is 3.73. The molecule has 0 aromatic heterocycles. The van der Waals surface area contributed by atoms with Crippen molar-refractivity contribution in [2.75, 3.05) is 18.4 Å². The third kappa shape index (κ3) is 4.25. The topological polar surface area (TPSA) is 66.5 Å². The second-order valence-electron chi connectivity index (χ2n) is 7.42. The van der Waals surface area contributed by atoms with Gasteiger partial charge in [0.15, 0.2) is 0 Å². The van der Waals surface area contributed by atoms with Crippen LogP contribution in [0.3, 0.4) is 0 Å². The highest BCUT2D eigenvalue weighted by molar-refractivity contribution is 7.89. The highest BCUT2D eigenvalue weighted by atomic mass is 32.2. The first-order chi connectivity index (χ1) is 13.2. The molecular weight excluding hydrogens is 379 g/mol. The molecule has 1 heterocycles. The van der Waals surface area contributed by atoms with Gasteiger partial charge in [-0.3, -0.25) is 4.79 Å². The van der Waals surface area contributed by atoms with E-state index < -0.39 is 21.8 Å². The molecular formula is C21H25FN2O3S. The van der Waals surface area contributed by atoms with E-state index in [4.69, 9.17) is 0 Å². The summed E-state index contributed by atoms with van der Waals surface area (Å²) in [6.45, 7) is 6.37. The summed E-state index contributed by atoms with van der Waals surface area (Å²) in [6.07, 6.45) is 1.23. The molecule has 2 aromatic rings. The van der Waals surface area contributed by atoms with Crippen LogP contribution >= 0.6 is 0 Å². The molecule has 5 nitrogen and oxygen atoms in total. The molecule has 1 amide bonds. The number of nitrogens with zero attached hydrogens (tertiary/aromatic N) is 1. The van der Waals surface area contributed by atoms with Gasteiger partial charge in [0.25, 0.3) is 0 Å². The molecule has 1 aliphatic rings. The fraction of sp³-hybridized carbons (Fsp3) is 0.381. The molecule has 2 aromatic carbocycles. The van der Waals surface area contributed by atoms with E-state index in [9.17, 15) is 17.6 Å². The van der Waals surface area contributed by atoms with Crippen molar-refractivity contribution in [2.45, 2.75) is 38.5 Å². The van der Waals surface area contributed by atoms with Crippen LogP contribution in [0.2, 0.25) is 0 Å². The Morgan fingerprint density at radius 1 is 1.11 bits per heavy atom. The van der Waals surface area contributed by atoms with Crippen LogP contribution in [0, 0.1) is 32.5 Å². The van der Waals surface area contributed by atoms with Crippen molar-refractivity contribution in [2.24, 2.45) is 5.92 Å². The van der Waals surface area contributed by atoms with Gasteiger partial charge in [-0.1, -0.05) is 17.7 Å². The number of sulfonamides is 1. The molecule has 0 radical (unpaired) electrons. The third-order valence-corrected chi connectivity index (χ3v) is 7.01. The molecule has 0 saturated carbocycles. The Hall–Kier alpha value is -2.25. The predicted molar refractivity (Wildman–Crippen MR) is 107 cm³/mol. The minimum absolute atomic E-state index is 0.0418. The molecule has 3 rings (SSSR count). The standard InChI is InChI=1S/C21H25FN2O3S/c1-14-11-15(2)20(16(3)12-14)23-21(25)17-5-4-10-24(13-17)28(26,27)19-8-6-18(22)7-9-19/h6-9,11-12,17H,4-5,10,13H2,1-3H3,(H,23,25)/t17-/m0/s1. The van der Waals surface area contributed by atoms with Crippen LogP contribution in [-0.2, 0) is 14.8 Å². The average Bonchev–Trinajstić information content (AvgIpc) is 2.65. The number of halogens is 1. The van der Waals surface area contributed by atoms with Crippen LogP contribution < -0.4 is 5.32 Å². The number of hydrogen-bond acceptors (Lipinski definition) is 3. The molecule has 150 valence electrons. The van der Waals surface area contributed by atoms with Gasteiger partial charge in [0, 0.05) is 18.8 Å². The first-order valence-electron chi connectivity index (χ1n) is 9.33. The fourth-order valence-corrected chi connectivity index (χ4v) is 5.26. The maximum Gasteiger partial charge on any atom is 0.243 e. The van der Waals surface area contributed by atoms with E-state index in [1.54, 1.807) is 0 Å². The van der Waals surface area contributed by atoms with Crippen LogP contribution in [0.1, 0.15) is 29.5 Å². The lowest BCUT2D eigenvalue weighted by molar-refractivity contribution is -0.120. The third-order valence-electron chi connectivity index (χ3n) is 5.13. The van der Waals surface area contributed by atoms with E-state index in [1.807, 2.05) is 32.9 Å². The Morgan fingerprint density at radius 3 is 2.32 bits per heavy atom. The number of aryl methyl sites for hydroxylation is 3. The van der Waals surface area contributed by atoms with E-state index in [-0.39, 0.29) is 17.3 Å². The number of nitrogens with one attached hydrogen (secondary N) is 1. The summed E-state index contributed by atoms with van der Waals surface area (Å²) < 4.78 is 40.1. The summed E-state index contributed by atoms with van der Waals surface area (Å²) in [7, 11) is -3.75. The van der Waals surface area contributed by atoms with Crippen molar-refractivity contribution >= 4 is 21.6 Å². The van der Waals surface area contributed by atoms with Gasteiger partial charge < -0.3 is 5.32 Å². The molecule has 7 heteroatoms. The van der Waals surface area contributed by atoms with Gasteiger partial charge >= 0.3 is 0 Å². The van der Waals surface area contributed by atoms with Gasteiger partial charge in [0.1, 0.15) is 5.82 Å². The van der Waals surface area contributed by atoms with Crippen LogP contribution in [-0.4, -0.2) is 31.7 Å². The first kappa shape index (κ1) is 20.5. The molecule has 0 aliphatic carbocycles. The van der Waals surface area contributed by atoms with E-state index in [1.165, 1.54) is 16.4 Å². The molecule has 1 atom stereocenters. The predicted octanol–water partition coefficient (Wildman–Crippen LogP) is 3.79. The van der Waals surface area contributed by atoms with Gasteiger partial charge in [0.2, 0.25) is 15.9 Å². The molecule has 1 saturated heterocycles. The minimum Gasteiger partial charge on any atom is -0.325 e. The Labute approximate surface area is 165 Å². The number of amides is 1. The van der Waals surface area contributed by atoms with Gasteiger partial charge in [-0.25, -0.2) is 12.8 Å². The summed E-state index contributed by atoms with van der Waals surface area (Å²) in [6, 6.07) is 8.79. The SMILES string of the molecule is Cc1cc(C)c(NC(=O)[C@H]2CCCN(S(=O)(=O)c3ccc(F)cc3)C2)c(C)c1. The lowest BCUT2D eigenvalue weighted by Crippen LogP contribution is -2.43. The number of hydrogen-bond donors (Lipinski definition) is 1. The lowest BCUT2D eigenvalue weighted by atomic mass is 9.98. The second-order valence-corrected chi connectivity index (χ2v) is 9.36. The highest BCUT2D eigenvalue weighted by Crippen LogP contribution is 2.27. The molecule has 1 aliphatic heterocycles. The number of carbonyl (C=O) groups excluding carboxylic acids is 1. The maximum absolute atomic E-state index is 13.1. The van der Waals surface area contributed by atoms with Crippen molar-refractivity contribution in [3.05, 3.63) is 58.9 Å². The Balaban J connectivity index is 1.76. The number of benzene rings is 2.